The van der Waals surface area contributed by atoms with Gasteiger partial charge < -0.3 is 10.1 Å². The van der Waals surface area contributed by atoms with Crippen molar-refractivity contribution in [2.45, 2.75) is 45.3 Å². The normalized spacial score (nSPS) is 23.4. The van der Waals surface area contributed by atoms with E-state index >= 15 is 0 Å². The summed E-state index contributed by atoms with van der Waals surface area (Å²) in [7, 11) is 1.90. The number of para-hydroxylation sites is 1. The van der Waals surface area contributed by atoms with Crippen LogP contribution in [0, 0.1) is 21.3 Å². The first-order chi connectivity index (χ1) is 10.00. The van der Waals surface area contributed by atoms with Crippen LogP contribution in [0.5, 0.6) is 5.75 Å². The summed E-state index contributed by atoms with van der Waals surface area (Å²) in [5, 5.41) is 14.3. The lowest BCUT2D eigenvalue weighted by molar-refractivity contribution is -0.386. The molecule has 1 aliphatic rings. The van der Waals surface area contributed by atoms with Crippen molar-refractivity contribution in [1.82, 2.24) is 5.32 Å². The van der Waals surface area contributed by atoms with E-state index in [0.29, 0.717) is 6.04 Å². The summed E-state index contributed by atoms with van der Waals surface area (Å²) in [4.78, 5) is 10.4. The summed E-state index contributed by atoms with van der Waals surface area (Å²) in [6.45, 7) is 4.14. The third-order valence-electron chi connectivity index (χ3n) is 4.85. The number of nitrogens with zero attached hydrogens (tertiary/aromatic N) is 1. The van der Waals surface area contributed by atoms with E-state index in [1.165, 1.54) is 18.2 Å². The van der Waals surface area contributed by atoms with Gasteiger partial charge in [-0.25, -0.2) is 4.39 Å². The monoisotopic (exact) mass is 296 g/mol. The molecule has 1 aliphatic carbocycles. The Morgan fingerprint density at radius 2 is 2.14 bits per heavy atom. The molecule has 0 saturated heterocycles. The smallest absolute Gasteiger partial charge is 0.314 e. The fraction of sp³-hybridized carbons (Fsp3) is 0.600. The van der Waals surface area contributed by atoms with Crippen molar-refractivity contribution in [3.05, 3.63) is 34.1 Å². The molecule has 1 saturated carbocycles. The van der Waals surface area contributed by atoms with E-state index in [0.717, 1.165) is 19.3 Å². The third kappa shape index (κ3) is 2.48. The van der Waals surface area contributed by atoms with Crippen LogP contribution >= 0.6 is 0 Å². The molecule has 0 amide bonds. The molecule has 1 aromatic carbocycles. The summed E-state index contributed by atoms with van der Waals surface area (Å²) >= 11 is 0. The maximum absolute atomic E-state index is 13.9. The number of hydrogen-bond acceptors (Lipinski definition) is 4. The van der Waals surface area contributed by atoms with E-state index < -0.39 is 10.7 Å². The molecule has 116 valence electrons. The molecule has 1 N–H and O–H groups in total. The summed E-state index contributed by atoms with van der Waals surface area (Å²) in [6, 6.07) is 4.08. The number of nitrogens with one attached hydrogen (secondary N) is 1. The summed E-state index contributed by atoms with van der Waals surface area (Å²) in [5.41, 5.74) is -0.422. The van der Waals surface area contributed by atoms with Crippen molar-refractivity contribution in [3.63, 3.8) is 0 Å². The molecule has 0 aliphatic heterocycles. The second-order valence-corrected chi connectivity index (χ2v) is 5.47. The van der Waals surface area contributed by atoms with E-state index in [2.05, 4.69) is 19.2 Å². The van der Waals surface area contributed by atoms with Gasteiger partial charge in [0, 0.05) is 23.9 Å². The highest BCUT2D eigenvalue weighted by atomic mass is 19.1. The van der Waals surface area contributed by atoms with Gasteiger partial charge in [-0.1, -0.05) is 19.9 Å². The van der Waals surface area contributed by atoms with Gasteiger partial charge in [0.05, 0.1) is 4.92 Å². The standard InChI is InChI=1S/C15H21FN2O3/c1-4-15(5-2)12(17-3)9-13(15)21-14-10(16)7-6-8-11(14)18(19)20/h6-8,12-13,17H,4-5,9H2,1-3H3. The zero-order valence-electron chi connectivity index (χ0n) is 12.6. The number of hydrogen-bond donors (Lipinski definition) is 1. The van der Waals surface area contributed by atoms with Crippen LogP contribution in [0.3, 0.4) is 0 Å². The van der Waals surface area contributed by atoms with Gasteiger partial charge in [-0.3, -0.25) is 10.1 Å². The van der Waals surface area contributed by atoms with E-state index in [1.54, 1.807) is 0 Å². The highest BCUT2D eigenvalue weighted by Gasteiger charge is 2.54. The SMILES string of the molecule is CCC1(CC)C(NC)CC1Oc1c(F)cccc1[N+](=O)[O-]. The lowest BCUT2D eigenvalue weighted by Gasteiger charge is -2.54. The molecule has 0 radical (unpaired) electrons. The second-order valence-electron chi connectivity index (χ2n) is 5.47. The van der Waals surface area contributed by atoms with Gasteiger partial charge in [0.15, 0.2) is 5.82 Å². The van der Waals surface area contributed by atoms with Gasteiger partial charge in [-0.15, -0.1) is 0 Å². The van der Waals surface area contributed by atoms with E-state index in [9.17, 15) is 14.5 Å². The summed E-state index contributed by atoms with van der Waals surface area (Å²) < 4.78 is 19.7. The molecular formula is C15H21FN2O3. The molecular weight excluding hydrogens is 275 g/mol. The van der Waals surface area contributed by atoms with Crippen LogP contribution in [-0.2, 0) is 0 Å². The number of nitro groups is 1. The van der Waals surface area contributed by atoms with Gasteiger partial charge in [-0.05, 0) is 26.0 Å². The number of halogens is 1. The topological polar surface area (TPSA) is 64.4 Å². The van der Waals surface area contributed by atoms with Crippen molar-refractivity contribution in [3.8, 4) is 5.75 Å². The first-order valence-electron chi connectivity index (χ1n) is 7.27. The van der Waals surface area contributed by atoms with Gasteiger partial charge in [0.2, 0.25) is 5.75 Å². The number of rotatable bonds is 6. The average Bonchev–Trinajstić information content (AvgIpc) is 2.45. The van der Waals surface area contributed by atoms with Gasteiger partial charge in [-0.2, -0.15) is 0 Å². The van der Waals surface area contributed by atoms with Gasteiger partial charge in [0.1, 0.15) is 6.10 Å². The van der Waals surface area contributed by atoms with Crippen LogP contribution in [0.25, 0.3) is 0 Å². The van der Waals surface area contributed by atoms with Crippen LogP contribution in [0.15, 0.2) is 18.2 Å². The summed E-state index contributed by atoms with van der Waals surface area (Å²) in [5.74, 6) is -0.924. The van der Waals surface area contributed by atoms with Crippen molar-refractivity contribution in [2.24, 2.45) is 5.41 Å². The minimum absolute atomic E-state index is 0.106. The number of benzene rings is 1. The molecule has 6 heteroatoms. The Morgan fingerprint density at radius 3 is 2.67 bits per heavy atom. The molecule has 2 unspecified atom stereocenters. The minimum Gasteiger partial charge on any atom is -0.481 e. The zero-order chi connectivity index (χ0) is 15.6. The van der Waals surface area contributed by atoms with Crippen LogP contribution in [0.1, 0.15) is 33.1 Å². The minimum atomic E-state index is -0.682. The fourth-order valence-corrected chi connectivity index (χ4v) is 3.42. The van der Waals surface area contributed by atoms with Crippen LogP contribution in [0.2, 0.25) is 0 Å². The number of ether oxygens (including phenoxy) is 1. The van der Waals surface area contributed by atoms with Crippen molar-refractivity contribution in [1.29, 1.82) is 0 Å². The highest BCUT2D eigenvalue weighted by molar-refractivity contribution is 5.47. The Balaban J connectivity index is 2.29. The van der Waals surface area contributed by atoms with E-state index in [-0.39, 0.29) is 23.0 Å². The molecule has 21 heavy (non-hydrogen) atoms. The van der Waals surface area contributed by atoms with Gasteiger partial charge in [0.25, 0.3) is 0 Å². The lowest BCUT2D eigenvalue weighted by atomic mass is 9.58. The Morgan fingerprint density at radius 1 is 1.48 bits per heavy atom. The molecule has 0 heterocycles. The predicted octanol–water partition coefficient (Wildman–Crippen LogP) is 3.28. The van der Waals surface area contributed by atoms with Crippen LogP contribution in [-0.4, -0.2) is 24.1 Å². The van der Waals surface area contributed by atoms with Crippen LogP contribution < -0.4 is 10.1 Å². The molecule has 1 aromatic rings. The first-order valence-corrected chi connectivity index (χ1v) is 7.27. The van der Waals surface area contributed by atoms with Crippen molar-refractivity contribution >= 4 is 5.69 Å². The molecule has 0 bridgehead atoms. The Hall–Kier alpha value is -1.69. The largest absolute Gasteiger partial charge is 0.481 e. The molecule has 5 nitrogen and oxygen atoms in total. The van der Waals surface area contributed by atoms with Crippen LogP contribution in [0.4, 0.5) is 10.1 Å². The molecule has 0 spiro atoms. The number of nitro benzene ring substituents is 1. The summed E-state index contributed by atoms with van der Waals surface area (Å²) in [6.07, 6.45) is 2.27. The van der Waals surface area contributed by atoms with Gasteiger partial charge >= 0.3 is 5.69 Å². The van der Waals surface area contributed by atoms with Crippen molar-refractivity contribution in [2.75, 3.05) is 7.05 Å². The average molecular weight is 296 g/mol. The van der Waals surface area contributed by atoms with E-state index in [4.69, 9.17) is 4.74 Å². The van der Waals surface area contributed by atoms with E-state index in [1.807, 2.05) is 7.05 Å². The predicted molar refractivity (Wildman–Crippen MR) is 78.0 cm³/mol. The lowest BCUT2D eigenvalue weighted by Crippen LogP contribution is -2.63. The maximum atomic E-state index is 13.9. The highest BCUT2D eigenvalue weighted by Crippen LogP contribution is 2.49. The van der Waals surface area contributed by atoms with Crippen molar-refractivity contribution < 1.29 is 14.1 Å². The third-order valence-corrected chi connectivity index (χ3v) is 4.85. The molecule has 1 fully saturated rings. The molecule has 2 atom stereocenters. The Bertz CT molecular complexity index is 532. The maximum Gasteiger partial charge on any atom is 0.314 e. The fourth-order valence-electron chi connectivity index (χ4n) is 3.42. The Labute approximate surface area is 123 Å². The molecule has 0 aromatic heterocycles. The zero-order valence-corrected chi connectivity index (χ0v) is 12.6. The second kappa shape index (κ2) is 5.97. The first kappa shape index (κ1) is 15.7. The molecule has 2 rings (SSSR count). The Kier molecular flexibility index (Phi) is 4.46. The quantitative estimate of drug-likeness (QED) is 0.646.